The topological polar surface area (TPSA) is 120 Å². The minimum atomic E-state index is -0.634. The molecule has 0 spiro atoms. The van der Waals surface area contributed by atoms with Gasteiger partial charge in [-0.2, -0.15) is 5.26 Å². The van der Waals surface area contributed by atoms with Gasteiger partial charge in [0, 0.05) is 18.0 Å². The Morgan fingerprint density at radius 1 is 1.07 bits per heavy atom. The second kappa shape index (κ2) is 11.8. The zero-order valence-corrected chi connectivity index (χ0v) is 24.7. The highest BCUT2D eigenvalue weighted by molar-refractivity contribution is 5.89. The lowest BCUT2D eigenvalue weighted by Crippen LogP contribution is -2.51. The molecule has 220 valence electrons. The molecule has 2 heterocycles. The Labute approximate surface area is 246 Å². The van der Waals surface area contributed by atoms with Crippen molar-refractivity contribution in [3.05, 3.63) is 54.2 Å². The van der Waals surface area contributed by atoms with E-state index in [0.717, 1.165) is 36.1 Å². The number of carbonyl (C=O) groups excluding carboxylic acids is 2. The average Bonchev–Trinajstić information content (AvgIpc) is 3.73. The van der Waals surface area contributed by atoms with E-state index in [-0.39, 0.29) is 24.2 Å². The number of rotatable bonds is 9. The molecule has 1 aliphatic heterocycles. The third-order valence-corrected chi connectivity index (χ3v) is 8.01. The standard InChI is InChI=1S/C32H37N5O5/c1-32(2,3)42-31(39)37-25-12-8-23(16-25)30(37)27(38)15-21(18-33)14-20-6-10-24(11-7-20)36-19-26(34-35-36)22-9-13-28(40-4)29(17-22)41-5/h6-7,9-11,13,17,19,21,23,25,30H,8,12,14-16H2,1-5H3/t21-,23+,25-,30+/m1/s1. The normalized spacial score (nSPS) is 20.2. The summed E-state index contributed by atoms with van der Waals surface area (Å²) in [5, 5.41) is 18.5. The van der Waals surface area contributed by atoms with Gasteiger partial charge in [0.1, 0.15) is 11.3 Å². The molecule has 10 heteroatoms. The summed E-state index contributed by atoms with van der Waals surface area (Å²) in [7, 11) is 3.18. The maximum atomic E-state index is 13.5. The highest BCUT2D eigenvalue weighted by Gasteiger charge is 2.52. The Morgan fingerprint density at radius 2 is 1.81 bits per heavy atom. The number of benzene rings is 2. The predicted octanol–water partition coefficient (Wildman–Crippen LogP) is 5.38. The molecule has 42 heavy (non-hydrogen) atoms. The number of ketones is 1. The monoisotopic (exact) mass is 571 g/mol. The number of carbonyl (C=O) groups is 2. The van der Waals surface area contributed by atoms with Crippen LogP contribution in [0.25, 0.3) is 16.9 Å². The van der Waals surface area contributed by atoms with Gasteiger partial charge in [0.2, 0.25) is 0 Å². The van der Waals surface area contributed by atoms with Crippen LogP contribution in [0.2, 0.25) is 0 Å². The van der Waals surface area contributed by atoms with E-state index in [2.05, 4.69) is 16.4 Å². The lowest BCUT2D eigenvalue weighted by Gasteiger charge is -2.35. The van der Waals surface area contributed by atoms with E-state index < -0.39 is 23.7 Å². The number of Topliss-reactive ketones (excluding diaryl/α,β-unsaturated/α-hetero) is 1. The van der Waals surface area contributed by atoms with Crippen LogP contribution in [-0.4, -0.2) is 63.7 Å². The predicted molar refractivity (Wildman–Crippen MR) is 155 cm³/mol. The van der Waals surface area contributed by atoms with Gasteiger partial charge in [-0.05, 0) is 88.3 Å². The fourth-order valence-electron chi connectivity index (χ4n) is 6.09. The Kier molecular flexibility index (Phi) is 8.21. The van der Waals surface area contributed by atoms with Crippen LogP contribution in [0.5, 0.6) is 11.5 Å². The van der Waals surface area contributed by atoms with Crippen molar-refractivity contribution >= 4 is 11.9 Å². The fourth-order valence-corrected chi connectivity index (χ4v) is 6.09. The molecule has 1 aromatic heterocycles. The molecular weight excluding hydrogens is 534 g/mol. The lowest BCUT2D eigenvalue weighted by molar-refractivity contribution is -0.126. The molecular formula is C32H37N5O5. The summed E-state index contributed by atoms with van der Waals surface area (Å²) in [6.45, 7) is 5.48. The van der Waals surface area contributed by atoms with Gasteiger partial charge < -0.3 is 14.2 Å². The molecule has 1 aliphatic carbocycles. The largest absolute Gasteiger partial charge is 0.493 e. The highest BCUT2D eigenvalue weighted by Crippen LogP contribution is 2.44. The number of ether oxygens (including phenoxy) is 3. The highest BCUT2D eigenvalue weighted by atomic mass is 16.6. The Balaban J connectivity index is 1.23. The first-order chi connectivity index (χ1) is 20.1. The molecule has 0 radical (unpaired) electrons. The lowest BCUT2D eigenvalue weighted by atomic mass is 9.88. The molecule has 1 saturated carbocycles. The molecule has 3 aromatic rings. The Hall–Kier alpha value is -4.39. The zero-order chi connectivity index (χ0) is 30.0. The molecule has 4 atom stereocenters. The van der Waals surface area contributed by atoms with E-state index in [0.29, 0.717) is 23.6 Å². The zero-order valence-electron chi connectivity index (χ0n) is 24.7. The average molecular weight is 572 g/mol. The first-order valence-electron chi connectivity index (χ1n) is 14.3. The van der Waals surface area contributed by atoms with Gasteiger partial charge in [0.25, 0.3) is 0 Å². The summed E-state index contributed by atoms with van der Waals surface area (Å²) in [5.41, 5.74) is 2.65. The van der Waals surface area contributed by atoms with Gasteiger partial charge in [0.15, 0.2) is 17.3 Å². The van der Waals surface area contributed by atoms with Gasteiger partial charge in [-0.25, -0.2) is 9.48 Å². The van der Waals surface area contributed by atoms with Gasteiger partial charge in [-0.15, -0.1) is 5.10 Å². The SMILES string of the molecule is COc1ccc(-c2cn(-c3ccc(C[C@@H](C#N)CC(=O)[C@@H]4[C@H]5CC[C@H](C5)N4C(=O)OC(C)(C)C)cc3)nn2)cc1OC. The van der Waals surface area contributed by atoms with Gasteiger partial charge in [0.05, 0.1) is 44.1 Å². The first kappa shape index (κ1) is 29.1. The van der Waals surface area contributed by atoms with Crippen molar-refractivity contribution in [3.8, 4) is 34.5 Å². The minimum absolute atomic E-state index is 0.0379. The number of likely N-dealkylation sites (tertiary alicyclic amines) is 1. The van der Waals surface area contributed by atoms with Crippen LogP contribution in [0.3, 0.4) is 0 Å². The summed E-state index contributed by atoms with van der Waals surface area (Å²) in [4.78, 5) is 28.1. The van der Waals surface area contributed by atoms with E-state index >= 15 is 0 Å². The van der Waals surface area contributed by atoms with Crippen molar-refractivity contribution in [1.29, 1.82) is 5.26 Å². The number of methoxy groups -OCH3 is 2. The molecule has 2 fully saturated rings. The van der Waals surface area contributed by atoms with E-state index in [1.54, 1.807) is 23.8 Å². The number of nitrogens with zero attached hydrogens (tertiary/aromatic N) is 5. The maximum Gasteiger partial charge on any atom is 0.411 e. The van der Waals surface area contributed by atoms with Crippen molar-refractivity contribution in [1.82, 2.24) is 19.9 Å². The number of amides is 1. The number of nitriles is 1. The Morgan fingerprint density at radius 3 is 2.48 bits per heavy atom. The maximum absolute atomic E-state index is 13.5. The van der Waals surface area contributed by atoms with Crippen LogP contribution < -0.4 is 9.47 Å². The van der Waals surface area contributed by atoms with E-state index in [9.17, 15) is 14.9 Å². The molecule has 5 rings (SSSR count). The molecule has 10 nitrogen and oxygen atoms in total. The quantitative estimate of drug-likeness (QED) is 0.336. The van der Waals surface area contributed by atoms with Crippen molar-refractivity contribution in [3.63, 3.8) is 0 Å². The van der Waals surface area contributed by atoms with Crippen LogP contribution in [0.4, 0.5) is 4.79 Å². The van der Waals surface area contributed by atoms with Crippen molar-refractivity contribution < 1.29 is 23.8 Å². The van der Waals surface area contributed by atoms with Crippen LogP contribution in [0.15, 0.2) is 48.7 Å². The summed E-state index contributed by atoms with van der Waals surface area (Å²) in [5.74, 6) is 0.836. The summed E-state index contributed by atoms with van der Waals surface area (Å²) < 4.78 is 18.0. The van der Waals surface area contributed by atoms with Crippen LogP contribution in [-0.2, 0) is 16.0 Å². The second-order valence-corrected chi connectivity index (χ2v) is 12.0. The number of piperidine rings is 1. The Bertz CT molecular complexity index is 1490. The molecule has 2 aromatic carbocycles. The van der Waals surface area contributed by atoms with Crippen LogP contribution in [0, 0.1) is 23.2 Å². The number of fused-ring (bicyclic) bond motifs is 2. The summed E-state index contributed by atoms with van der Waals surface area (Å²) >= 11 is 0. The fraction of sp³-hybridized carbons (Fsp3) is 0.469. The third-order valence-electron chi connectivity index (χ3n) is 8.01. The second-order valence-electron chi connectivity index (χ2n) is 12.0. The van der Waals surface area contributed by atoms with Gasteiger partial charge in [-0.3, -0.25) is 9.69 Å². The molecule has 1 saturated heterocycles. The molecule has 1 amide bonds. The molecule has 0 N–H and O–H groups in total. The smallest absolute Gasteiger partial charge is 0.411 e. The first-order valence-corrected chi connectivity index (χ1v) is 14.3. The molecule has 2 aliphatic rings. The van der Waals surface area contributed by atoms with E-state index in [1.807, 2.05) is 69.4 Å². The van der Waals surface area contributed by atoms with Crippen molar-refractivity contribution in [2.45, 2.75) is 70.6 Å². The van der Waals surface area contributed by atoms with E-state index in [1.165, 1.54) is 0 Å². The van der Waals surface area contributed by atoms with Gasteiger partial charge >= 0.3 is 6.09 Å². The molecule has 0 unspecified atom stereocenters. The number of hydrogen-bond acceptors (Lipinski definition) is 8. The number of hydrogen-bond donors (Lipinski definition) is 0. The van der Waals surface area contributed by atoms with Crippen molar-refractivity contribution in [2.75, 3.05) is 14.2 Å². The van der Waals surface area contributed by atoms with Crippen LogP contribution in [0.1, 0.15) is 52.0 Å². The van der Waals surface area contributed by atoms with E-state index in [4.69, 9.17) is 14.2 Å². The summed E-state index contributed by atoms with van der Waals surface area (Å²) in [6.07, 6.45) is 4.58. The van der Waals surface area contributed by atoms with Crippen molar-refractivity contribution in [2.24, 2.45) is 11.8 Å². The third kappa shape index (κ3) is 6.10. The van der Waals surface area contributed by atoms with Gasteiger partial charge in [-0.1, -0.05) is 17.3 Å². The number of aromatic nitrogens is 3. The minimum Gasteiger partial charge on any atom is -0.493 e. The summed E-state index contributed by atoms with van der Waals surface area (Å²) in [6, 6.07) is 15.1. The van der Waals surface area contributed by atoms with Crippen LogP contribution >= 0.6 is 0 Å². The molecule has 2 bridgehead atoms.